The van der Waals surface area contributed by atoms with E-state index in [1.54, 1.807) is 6.20 Å². The van der Waals surface area contributed by atoms with Crippen LogP contribution in [0.15, 0.2) is 24.5 Å². The Bertz CT molecular complexity index is 415. The molecule has 98 valence electrons. The number of pyridine rings is 1. The number of aliphatic hydroxyl groups is 1. The second-order valence-electron chi connectivity index (χ2n) is 4.76. The first-order chi connectivity index (χ1) is 8.79. The number of ether oxygens (including phenoxy) is 1. The van der Waals surface area contributed by atoms with Gasteiger partial charge in [0.15, 0.2) is 0 Å². The number of hydrogen-bond acceptors (Lipinski definition) is 3. The molecule has 1 heterocycles. The molecule has 0 aliphatic heterocycles. The van der Waals surface area contributed by atoms with Gasteiger partial charge in [0.25, 0.3) is 0 Å². The molecule has 0 bridgehead atoms. The molecule has 2 rings (SSSR count). The lowest BCUT2D eigenvalue weighted by atomic mass is 10.0. The zero-order chi connectivity index (χ0) is 12.8. The minimum absolute atomic E-state index is 0.317. The predicted octanol–water partition coefficient (Wildman–Crippen LogP) is 3.19. The van der Waals surface area contributed by atoms with Crippen molar-refractivity contribution in [1.82, 2.24) is 4.98 Å². The minimum atomic E-state index is -0.317. The lowest BCUT2D eigenvalue weighted by Gasteiger charge is -2.09. The maximum Gasteiger partial charge on any atom is 0.138 e. The van der Waals surface area contributed by atoms with E-state index < -0.39 is 0 Å². The minimum Gasteiger partial charge on any atom is -0.492 e. The van der Waals surface area contributed by atoms with E-state index in [2.05, 4.69) is 11.9 Å². The van der Waals surface area contributed by atoms with E-state index in [4.69, 9.17) is 4.74 Å². The van der Waals surface area contributed by atoms with Crippen LogP contribution in [0.1, 0.15) is 44.6 Å². The molecule has 0 amide bonds. The third kappa shape index (κ3) is 3.57. The van der Waals surface area contributed by atoms with Crippen LogP contribution in [0, 0.1) is 0 Å². The summed E-state index contributed by atoms with van der Waals surface area (Å²) in [6.07, 6.45) is 10.3. The first-order valence-corrected chi connectivity index (χ1v) is 6.76. The van der Waals surface area contributed by atoms with Crippen LogP contribution >= 0.6 is 0 Å². The Morgan fingerprint density at radius 2 is 2.28 bits per heavy atom. The number of aromatic nitrogens is 1. The summed E-state index contributed by atoms with van der Waals surface area (Å²) in [4.78, 5) is 4.22. The quantitative estimate of drug-likeness (QED) is 0.888. The summed E-state index contributed by atoms with van der Waals surface area (Å²) in [5, 5.41) is 9.80. The maximum atomic E-state index is 9.80. The number of rotatable bonds is 4. The highest BCUT2D eigenvalue weighted by Crippen LogP contribution is 2.27. The van der Waals surface area contributed by atoms with Gasteiger partial charge in [-0.05, 0) is 42.9 Å². The summed E-state index contributed by atoms with van der Waals surface area (Å²) in [6, 6.07) is 2.02. The second-order valence-corrected chi connectivity index (χ2v) is 4.76. The second kappa shape index (κ2) is 6.55. The van der Waals surface area contributed by atoms with E-state index in [0.29, 0.717) is 6.61 Å². The summed E-state index contributed by atoms with van der Waals surface area (Å²) in [5.74, 6) is 0.814. The highest BCUT2D eigenvalue weighted by Gasteiger charge is 2.11. The largest absolute Gasteiger partial charge is 0.492 e. The number of nitrogens with zero attached hydrogens (tertiary/aromatic N) is 1. The van der Waals surface area contributed by atoms with Gasteiger partial charge in [0, 0.05) is 6.20 Å². The molecule has 0 aromatic carbocycles. The smallest absolute Gasteiger partial charge is 0.138 e. The Labute approximate surface area is 109 Å². The number of hydrogen-bond donors (Lipinski definition) is 1. The van der Waals surface area contributed by atoms with Gasteiger partial charge in [0.05, 0.1) is 18.9 Å². The van der Waals surface area contributed by atoms with Crippen molar-refractivity contribution in [2.75, 3.05) is 6.61 Å². The van der Waals surface area contributed by atoms with Gasteiger partial charge >= 0.3 is 0 Å². The summed E-state index contributed by atoms with van der Waals surface area (Å²) in [7, 11) is 0. The van der Waals surface area contributed by atoms with Crippen molar-refractivity contribution in [2.45, 2.75) is 45.1 Å². The van der Waals surface area contributed by atoms with Gasteiger partial charge in [-0.15, -0.1) is 0 Å². The normalized spacial score (nSPS) is 20.1. The van der Waals surface area contributed by atoms with Gasteiger partial charge in [-0.3, -0.25) is 4.98 Å². The predicted molar refractivity (Wildman–Crippen MR) is 72.5 cm³/mol. The molecule has 0 saturated carbocycles. The van der Waals surface area contributed by atoms with Crippen molar-refractivity contribution >= 4 is 5.57 Å². The topological polar surface area (TPSA) is 42.4 Å². The summed E-state index contributed by atoms with van der Waals surface area (Å²) >= 11 is 0. The lowest BCUT2D eigenvalue weighted by Crippen LogP contribution is -2.00. The average molecular weight is 247 g/mol. The third-order valence-electron chi connectivity index (χ3n) is 3.15. The molecular formula is C15H21NO2. The molecule has 1 aliphatic rings. The van der Waals surface area contributed by atoms with Crippen LogP contribution in [0.3, 0.4) is 0 Å². The van der Waals surface area contributed by atoms with E-state index in [9.17, 15) is 5.11 Å². The van der Waals surface area contributed by atoms with Crippen LogP contribution in [-0.4, -0.2) is 22.8 Å². The molecule has 1 aliphatic carbocycles. The van der Waals surface area contributed by atoms with Crippen LogP contribution < -0.4 is 4.74 Å². The third-order valence-corrected chi connectivity index (χ3v) is 3.15. The van der Waals surface area contributed by atoms with Crippen LogP contribution in [0.2, 0.25) is 0 Å². The molecule has 0 fully saturated rings. The van der Waals surface area contributed by atoms with Gasteiger partial charge < -0.3 is 9.84 Å². The van der Waals surface area contributed by atoms with Gasteiger partial charge in [0.2, 0.25) is 0 Å². The van der Waals surface area contributed by atoms with Gasteiger partial charge in [-0.2, -0.15) is 0 Å². The van der Waals surface area contributed by atoms with Gasteiger partial charge in [0.1, 0.15) is 5.75 Å². The molecule has 1 unspecified atom stereocenters. The van der Waals surface area contributed by atoms with E-state index in [-0.39, 0.29) is 6.10 Å². The van der Waals surface area contributed by atoms with Crippen LogP contribution in [0.25, 0.3) is 5.57 Å². The molecule has 1 aromatic heterocycles. The lowest BCUT2D eigenvalue weighted by molar-refractivity contribution is 0.211. The molecular weight excluding hydrogens is 226 g/mol. The fourth-order valence-electron chi connectivity index (χ4n) is 2.20. The molecule has 0 spiro atoms. The van der Waals surface area contributed by atoms with Gasteiger partial charge in [-0.25, -0.2) is 0 Å². The molecule has 18 heavy (non-hydrogen) atoms. The fourth-order valence-corrected chi connectivity index (χ4v) is 2.20. The van der Waals surface area contributed by atoms with Crippen molar-refractivity contribution in [3.05, 3.63) is 30.1 Å². The standard InChI is InChI=1S/C15H21NO2/c1-2-7-18-15-9-13(10-16-11-15)12-5-3-4-6-14(17)8-12/h8-11,14,17H,2-7H2,1H3. The molecule has 0 saturated heterocycles. The molecule has 3 heteroatoms. The molecule has 1 aromatic rings. The average Bonchev–Trinajstić information content (AvgIpc) is 2.61. The Kier molecular flexibility index (Phi) is 4.76. The Balaban J connectivity index is 2.16. The van der Waals surface area contributed by atoms with Crippen molar-refractivity contribution in [2.24, 2.45) is 0 Å². The molecule has 3 nitrogen and oxygen atoms in total. The highest BCUT2D eigenvalue weighted by atomic mass is 16.5. The van der Waals surface area contributed by atoms with Crippen LogP contribution in [0.5, 0.6) is 5.75 Å². The summed E-state index contributed by atoms with van der Waals surface area (Å²) < 4.78 is 5.59. The fraction of sp³-hybridized carbons (Fsp3) is 0.533. The zero-order valence-corrected chi connectivity index (χ0v) is 10.9. The Morgan fingerprint density at radius 3 is 3.11 bits per heavy atom. The maximum absolute atomic E-state index is 9.80. The number of allylic oxidation sites excluding steroid dienone is 1. The van der Waals surface area contributed by atoms with Gasteiger partial charge in [-0.1, -0.05) is 19.4 Å². The Hall–Kier alpha value is -1.35. The van der Waals surface area contributed by atoms with E-state index >= 15 is 0 Å². The Morgan fingerprint density at radius 1 is 1.39 bits per heavy atom. The summed E-state index contributed by atoms with van der Waals surface area (Å²) in [6.45, 7) is 2.80. The van der Waals surface area contributed by atoms with Crippen molar-refractivity contribution in [3.63, 3.8) is 0 Å². The van der Waals surface area contributed by atoms with Crippen LogP contribution in [0.4, 0.5) is 0 Å². The first-order valence-electron chi connectivity index (χ1n) is 6.76. The van der Waals surface area contributed by atoms with Crippen molar-refractivity contribution in [1.29, 1.82) is 0 Å². The first kappa shape index (κ1) is 13.1. The van der Waals surface area contributed by atoms with E-state index in [1.807, 2.05) is 18.3 Å². The molecule has 1 atom stereocenters. The highest BCUT2D eigenvalue weighted by molar-refractivity contribution is 5.66. The molecule has 1 N–H and O–H groups in total. The van der Waals surface area contributed by atoms with Crippen molar-refractivity contribution < 1.29 is 9.84 Å². The van der Waals surface area contributed by atoms with E-state index in [1.165, 1.54) is 5.57 Å². The van der Waals surface area contributed by atoms with Crippen molar-refractivity contribution in [3.8, 4) is 5.75 Å². The van der Waals surface area contributed by atoms with E-state index in [0.717, 1.165) is 43.4 Å². The zero-order valence-electron chi connectivity index (χ0n) is 10.9. The monoisotopic (exact) mass is 247 g/mol. The molecule has 0 radical (unpaired) electrons. The summed E-state index contributed by atoms with van der Waals surface area (Å²) in [5.41, 5.74) is 2.26. The SMILES string of the molecule is CCCOc1cncc(C2=CC(O)CCCC2)c1. The van der Waals surface area contributed by atoms with Crippen LogP contribution in [-0.2, 0) is 0 Å². The number of aliphatic hydroxyl groups excluding tert-OH is 1.